The Labute approximate surface area is 87.4 Å². The lowest BCUT2D eigenvalue weighted by Gasteiger charge is -2.14. The number of hydrazine groups is 1. The largest absolute Gasteiger partial charge is 0.271 e. The molecule has 76 valence electrons. The Balaban J connectivity index is 2.34. The first-order valence-electron chi connectivity index (χ1n) is 4.53. The fourth-order valence-corrected chi connectivity index (χ4v) is 1.39. The SMILES string of the molecule is NNC(c1cccnc1)c1cncnc1. The van der Waals surface area contributed by atoms with Crippen LogP contribution in [-0.4, -0.2) is 15.0 Å². The molecule has 1 unspecified atom stereocenters. The standard InChI is InChI=1S/C10H11N5/c11-15-10(8-2-1-3-12-4-8)9-5-13-7-14-6-9/h1-7,10,15H,11H2. The second-order valence-electron chi connectivity index (χ2n) is 3.06. The van der Waals surface area contributed by atoms with Crippen molar-refractivity contribution >= 4 is 0 Å². The molecule has 2 aromatic rings. The Morgan fingerprint density at radius 3 is 2.40 bits per heavy atom. The summed E-state index contributed by atoms with van der Waals surface area (Å²) in [5.74, 6) is 5.50. The first-order chi connectivity index (χ1) is 7.42. The van der Waals surface area contributed by atoms with Crippen LogP contribution in [0.15, 0.2) is 43.2 Å². The smallest absolute Gasteiger partial charge is 0.115 e. The van der Waals surface area contributed by atoms with Crippen molar-refractivity contribution in [2.24, 2.45) is 5.84 Å². The van der Waals surface area contributed by atoms with Crippen LogP contribution in [0.25, 0.3) is 0 Å². The van der Waals surface area contributed by atoms with E-state index in [4.69, 9.17) is 5.84 Å². The van der Waals surface area contributed by atoms with Gasteiger partial charge in [0.2, 0.25) is 0 Å². The lowest BCUT2D eigenvalue weighted by Crippen LogP contribution is -2.29. The number of nitrogens with zero attached hydrogens (tertiary/aromatic N) is 3. The van der Waals surface area contributed by atoms with Crippen LogP contribution in [-0.2, 0) is 0 Å². The highest BCUT2D eigenvalue weighted by molar-refractivity contribution is 5.25. The first kappa shape index (κ1) is 9.70. The number of aromatic nitrogens is 3. The van der Waals surface area contributed by atoms with Crippen LogP contribution in [0.2, 0.25) is 0 Å². The van der Waals surface area contributed by atoms with Gasteiger partial charge in [-0.25, -0.2) is 15.4 Å². The average molecular weight is 201 g/mol. The van der Waals surface area contributed by atoms with Crippen molar-refractivity contribution in [3.05, 3.63) is 54.4 Å². The van der Waals surface area contributed by atoms with Crippen LogP contribution >= 0.6 is 0 Å². The third kappa shape index (κ3) is 2.15. The monoisotopic (exact) mass is 201 g/mol. The van der Waals surface area contributed by atoms with E-state index in [1.54, 1.807) is 24.8 Å². The second kappa shape index (κ2) is 4.59. The van der Waals surface area contributed by atoms with E-state index in [0.29, 0.717) is 0 Å². The van der Waals surface area contributed by atoms with Gasteiger partial charge in [0.05, 0.1) is 6.04 Å². The topological polar surface area (TPSA) is 76.7 Å². The zero-order valence-electron chi connectivity index (χ0n) is 8.04. The molecule has 5 nitrogen and oxygen atoms in total. The van der Waals surface area contributed by atoms with E-state index in [0.717, 1.165) is 11.1 Å². The molecule has 1 atom stereocenters. The van der Waals surface area contributed by atoms with E-state index in [1.807, 2.05) is 12.1 Å². The average Bonchev–Trinajstić information content (AvgIpc) is 2.33. The lowest BCUT2D eigenvalue weighted by atomic mass is 10.0. The van der Waals surface area contributed by atoms with Crippen molar-refractivity contribution in [2.75, 3.05) is 0 Å². The summed E-state index contributed by atoms with van der Waals surface area (Å²) in [4.78, 5) is 11.9. The Morgan fingerprint density at radius 2 is 1.80 bits per heavy atom. The van der Waals surface area contributed by atoms with Gasteiger partial charge in [-0.2, -0.15) is 0 Å². The van der Waals surface area contributed by atoms with E-state index >= 15 is 0 Å². The Kier molecular flexibility index (Phi) is 2.96. The van der Waals surface area contributed by atoms with Crippen molar-refractivity contribution in [3.63, 3.8) is 0 Å². The maximum Gasteiger partial charge on any atom is 0.115 e. The molecule has 0 saturated heterocycles. The van der Waals surface area contributed by atoms with Crippen molar-refractivity contribution in [1.29, 1.82) is 0 Å². The summed E-state index contributed by atoms with van der Waals surface area (Å²) in [6, 6.07) is 3.69. The Hall–Kier alpha value is -1.85. The van der Waals surface area contributed by atoms with E-state index in [-0.39, 0.29) is 6.04 Å². The molecule has 0 bridgehead atoms. The number of hydrogen-bond acceptors (Lipinski definition) is 5. The molecule has 0 radical (unpaired) electrons. The summed E-state index contributed by atoms with van der Waals surface area (Å²) in [5, 5.41) is 0. The molecule has 0 amide bonds. The van der Waals surface area contributed by atoms with Crippen LogP contribution < -0.4 is 11.3 Å². The quantitative estimate of drug-likeness (QED) is 0.556. The Morgan fingerprint density at radius 1 is 1.07 bits per heavy atom. The van der Waals surface area contributed by atoms with E-state index in [1.165, 1.54) is 6.33 Å². The fraction of sp³-hybridized carbons (Fsp3) is 0.100. The van der Waals surface area contributed by atoms with Gasteiger partial charge in [0.25, 0.3) is 0 Å². The minimum Gasteiger partial charge on any atom is -0.271 e. The summed E-state index contributed by atoms with van der Waals surface area (Å²) in [6.45, 7) is 0. The van der Waals surface area contributed by atoms with Crippen LogP contribution in [0.1, 0.15) is 17.2 Å². The number of nitrogens with one attached hydrogen (secondary N) is 1. The van der Waals surface area contributed by atoms with Crippen molar-refractivity contribution in [2.45, 2.75) is 6.04 Å². The van der Waals surface area contributed by atoms with Gasteiger partial charge < -0.3 is 0 Å². The predicted octanol–water partition coefficient (Wildman–Crippen LogP) is 0.424. The predicted molar refractivity (Wildman–Crippen MR) is 55.4 cm³/mol. The first-order valence-corrected chi connectivity index (χ1v) is 4.53. The molecule has 0 aliphatic rings. The molecule has 2 heterocycles. The van der Waals surface area contributed by atoms with Gasteiger partial charge in [-0.1, -0.05) is 6.07 Å². The summed E-state index contributed by atoms with van der Waals surface area (Å²) in [6.07, 6.45) is 8.42. The van der Waals surface area contributed by atoms with Gasteiger partial charge in [-0.05, 0) is 11.6 Å². The van der Waals surface area contributed by atoms with Gasteiger partial charge >= 0.3 is 0 Å². The van der Waals surface area contributed by atoms with Gasteiger partial charge in [-0.15, -0.1) is 0 Å². The summed E-state index contributed by atoms with van der Waals surface area (Å²) in [7, 11) is 0. The second-order valence-corrected chi connectivity index (χ2v) is 3.06. The third-order valence-corrected chi connectivity index (χ3v) is 2.10. The van der Waals surface area contributed by atoms with E-state index in [2.05, 4.69) is 20.4 Å². The molecule has 0 spiro atoms. The molecule has 15 heavy (non-hydrogen) atoms. The van der Waals surface area contributed by atoms with Crippen LogP contribution in [0.5, 0.6) is 0 Å². The maximum atomic E-state index is 5.50. The molecule has 2 aromatic heterocycles. The molecule has 0 fully saturated rings. The highest BCUT2D eigenvalue weighted by Gasteiger charge is 2.12. The molecule has 0 aromatic carbocycles. The third-order valence-electron chi connectivity index (χ3n) is 2.10. The van der Waals surface area contributed by atoms with Gasteiger partial charge in [-0.3, -0.25) is 10.8 Å². The summed E-state index contributed by atoms with van der Waals surface area (Å²) in [5.41, 5.74) is 4.61. The normalized spacial score (nSPS) is 12.3. The highest BCUT2D eigenvalue weighted by Crippen LogP contribution is 2.18. The Bertz CT molecular complexity index is 363. The molecule has 2 rings (SSSR count). The van der Waals surface area contributed by atoms with Crippen molar-refractivity contribution in [3.8, 4) is 0 Å². The van der Waals surface area contributed by atoms with Gasteiger partial charge in [0.1, 0.15) is 6.33 Å². The lowest BCUT2D eigenvalue weighted by molar-refractivity contribution is 0.629. The number of rotatable bonds is 3. The zero-order valence-corrected chi connectivity index (χ0v) is 8.04. The number of pyridine rings is 1. The van der Waals surface area contributed by atoms with Gasteiger partial charge in [0.15, 0.2) is 0 Å². The van der Waals surface area contributed by atoms with Crippen LogP contribution in [0.4, 0.5) is 0 Å². The maximum absolute atomic E-state index is 5.50. The highest BCUT2D eigenvalue weighted by atomic mass is 15.2. The minimum atomic E-state index is -0.125. The summed E-state index contributed by atoms with van der Waals surface area (Å²) < 4.78 is 0. The number of hydrogen-bond donors (Lipinski definition) is 2. The molecule has 0 saturated carbocycles. The molecule has 0 aliphatic carbocycles. The van der Waals surface area contributed by atoms with Crippen LogP contribution in [0.3, 0.4) is 0 Å². The van der Waals surface area contributed by atoms with Crippen molar-refractivity contribution in [1.82, 2.24) is 20.4 Å². The number of nitrogens with two attached hydrogens (primary N) is 1. The molecular formula is C10H11N5. The van der Waals surface area contributed by atoms with E-state index in [9.17, 15) is 0 Å². The fourth-order valence-electron chi connectivity index (χ4n) is 1.39. The molecule has 0 aliphatic heterocycles. The zero-order chi connectivity index (χ0) is 10.5. The molecular weight excluding hydrogens is 190 g/mol. The van der Waals surface area contributed by atoms with Crippen molar-refractivity contribution < 1.29 is 0 Å². The molecule has 3 N–H and O–H groups in total. The van der Waals surface area contributed by atoms with E-state index < -0.39 is 0 Å². The van der Waals surface area contributed by atoms with Gasteiger partial charge in [0, 0.05) is 30.4 Å². The van der Waals surface area contributed by atoms with Crippen LogP contribution in [0, 0.1) is 0 Å². The summed E-state index contributed by atoms with van der Waals surface area (Å²) >= 11 is 0. The minimum absolute atomic E-state index is 0.125. The molecule has 5 heteroatoms.